The summed E-state index contributed by atoms with van der Waals surface area (Å²) in [6.07, 6.45) is 4.33. The predicted octanol–water partition coefficient (Wildman–Crippen LogP) is 1.11. The summed E-state index contributed by atoms with van der Waals surface area (Å²) in [5.41, 5.74) is 1.46. The van der Waals surface area contributed by atoms with Gasteiger partial charge in [-0.15, -0.1) is 0 Å². The zero-order valence-corrected chi connectivity index (χ0v) is 8.58. The Morgan fingerprint density at radius 2 is 2.57 bits per heavy atom. The van der Waals surface area contributed by atoms with Gasteiger partial charge in [-0.3, -0.25) is 4.79 Å². The molecule has 0 saturated heterocycles. The van der Waals surface area contributed by atoms with Gasteiger partial charge in [-0.25, -0.2) is 0 Å². The molecule has 0 amide bonds. The molecule has 2 aliphatic rings. The van der Waals surface area contributed by atoms with Crippen molar-refractivity contribution in [3.05, 3.63) is 11.6 Å². The summed E-state index contributed by atoms with van der Waals surface area (Å²) in [5, 5.41) is 3.27. The average molecular weight is 195 g/mol. The highest BCUT2D eigenvalue weighted by Crippen LogP contribution is 2.46. The van der Waals surface area contributed by atoms with Crippen LogP contribution in [-0.2, 0) is 9.53 Å². The number of carbonyl (C=O) groups excluding carboxylic acids is 1. The SMILES string of the molecule is CCOC(=O)C1CC1C1=CCNCC1. The van der Waals surface area contributed by atoms with Gasteiger partial charge < -0.3 is 10.1 Å². The van der Waals surface area contributed by atoms with Crippen LogP contribution in [0.15, 0.2) is 11.6 Å². The highest BCUT2D eigenvalue weighted by molar-refractivity contribution is 5.76. The van der Waals surface area contributed by atoms with Crippen LogP contribution in [0.3, 0.4) is 0 Å². The van der Waals surface area contributed by atoms with Gasteiger partial charge in [-0.2, -0.15) is 0 Å². The minimum atomic E-state index is -0.00284. The van der Waals surface area contributed by atoms with Gasteiger partial charge in [-0.1, -0.05) is 11.6 Å². The van der Waals surface area contributed by atoms with E-state index in [-0.39, 0.29) is 11.9 Å². The molecule has 1 N–H and O–H groups in total. The van der Waals surface area contributed by atoms with Gasteiger partial charge in [0, 0.05) is 6.54 Å². The molecule has 1 saturated carbocycles. The van der Waals surface area contributed by atoms with Crippen molar-refractivity contribution in [2.24, 2.45) is 11.8 Å². The second-order valence-corrected chi connectivity index (χ2v) is 3.93. The number of hydrogen-bond donors (Lipinski definition) is 1. The van der Waals surface area contributed by atoms with Gasteiger partial charge in [0.2, 0.25) is 0 Å². The molecule has 1 fully saturated rings. The number of ether oxygens (including phenoxy) is 1. The van der Waals surface area contributed by atoms with Gasteiger partial charge in [0.05, 0.1) is 12.5 Å². The maximum absolute atomic E-state index is 11.4. The van der Waals surface area contributed by atoms with Gasteiger partial charge in [0.1, 0.15) is 0 Å². The van der Waals surface area contributed by atoms with Gasteiger partial charge in [-0.05, 0) is 32.2 Å². The molecule has 1 aliphatic carbocycles. The smallest absolute Gasteiger partial charge is 0.309 e. The molecule has 1 aliphatic heterocycles. The lowest BCUT2D eigenvalue weighted by Crippen LogP contribution is -2.21. The minimum Gasteiger partial charge on any atom is -0.466 e. The number of hydrogen-bond acceptors (Lipinski definition) is 3. The summed E-state index contributed by atoms with van der Waals surface area (Å²) in [6.45, 7) is 4.38. The Morgan fingerprint density at radius 3 is 3.21 bits per heavy atom. The van der Waals surface area contributed by atoms with Crippen LogP contribution in [-0.4, -0.2) is 25.7 Å². The molecular formula is C11H17NO2. The third-order valence-corrected chi connectivity index (χ3v) is 2.96. The first-order valence-electron chi connectivity index (χ1n) is 5.39. The van der Waals surface area contributed by atoms with E-state index in [1.54, 1.807) is 0 Å². The summed E-state index contributed by atoms with van der Waals surface area (Å²) in [6, 6.07) is 0. The third kappa shape index (κ3) is 1.98. The maximum Gasteiger partial charge on any atom is 0.309 e. The minimum absolute atomic E-state index is 0.00284. The predicted molar refractivity (Wildman–Crippen MR) is 53.8 cm³/mol. The fraction of sp³-hybridized carbons (Fsp3) is 0.727. The lowest BCUT2D eigenvalue weighted by molar-refractivity contribution is -0.144. The molecule has 2 rings (SSSR count). The first-order valence-corrected chi connectivity index (χ1v) is 5.39. The molecule has 0 aromatic carbocycles. The van der Waals surface area contributed by atoms with Crippen molar-refractivity contribution in [1.29, 1.82) is 0 Å². The molecule has 0 radical (unpaired) electrons. The van der Waals surface area contributed by atoms with E-state index in [9.17, 15) is 4.79 Å². The van der Waals surface area contributed by atoms with Crippen LogP contribution in [0.5, 0.6) is 0 Å². The van der Waals surface area contributed by atoms with E-state index in [4.69, 9.17) is 4.74 Å². The lowest BCUT2D eigenvalue weighted by atomic mass is 10.0. The monoisotopic (exact) mass is 195 g/mol. The summed E-state index contributed by atoms with van der Waals surface area (Å²) in [5.74, 6) is 0.660. The van der Waals surface area contributed by atoms with Crippen LogP contribution in [0.2, 0.25) is 0 Å². The Balaban J connectivity index is 1.85. The number of rotatable bonds is 3. The first-order chi connectivity index (χ1) is 6.83. The molecule has 0 bridgehead atoms. The molecule has 0 aromatic rings. The van der Waals surface area contributed by atoms with Crippen molar-refractivity contribution in [3.63, 3.8) is 0 Å². The highest BCUT2D eigenvalue weighted by atomic mass is 16.5. The zero-order valence-electron chi connectivity index (χ0n) is 8.58. The van der Waals surface area contributed by atoms with Crippen molar-refractivity contribution in [1.82, 2.24) is 5.32 Å². The highest BCUT2D eigenvalue weighted by Gasteiger charge is 2.45. The Hall–Kier alpha value is -0.830. The van der Waals surface area contributed by atoms with Crippen molar-refractivity contribution >= 4 is 5.97 Å². The van der Waals surface area contributed by atoms with Crippen LogP contribution in [0.25, 0.3) is 0 Å². The molecule has 1 heterocycles. The largest absolute Gasteiger partial charge is 0.466 e. The Morgan fingerprint density at radius 1 is 1.71 bits per heavy atom. The van der Waals surface area contributed by atoms with E-state index in [1.165, 1.54) is 5.57 Å². The Kier molecular flexibility index (Phi) is 2.87. The molecule has 78 valence electrons. The molecule has 3 nitrogen and oxygen atoms in total. The number of nitrogens with one attached hydrogen (secondary N) is 1. The maximum atomic E-state index is 11.4. The van der Waals surface area contributed by atoms with Crippen molar-refractivity contribution in [2.45, 2.75) is 19.8 Å². The fourth-order valence-electron chi connectivity index (χ4n) is 2.09. The number of esters is 1. The van der Waals surface area contributed by atoms with E-state index in [0.717, 1.165) is 25.9 Å². The summed E-state index contributed by atoms with van der Waals surface area (Å²) >= 11 is 0. The second-order valence-electron chi connectivity index (χ2n) is 3.93. The zero-order chi connectivity index (χ0) is 9.97. The topological polar surface area (TPSA) is 38.3 Å². The van der Waals surface area contributed by atoms with Crippen LogP contribution in [0.4, 0.5) is 0 Å². The van der Waals surface area contributed by atoms with Crippen molar-refractivity contribution in [3.8, 4) is 0 Å². The molecule has 0 spiro atoms. The van der Waals surface area contributed by atoms with E-state index < -0.39 is 0 Å². The normalized spacial score (nSPS) is 30.8. The molecular weight excluding hydrogens is 178 g/mol. The van der Waals surface area contributed by atoms with E-state index in [0.29, 0.717) is 12.5 Å². The molecule has 3 heteroatoms. The Labute approximate surface area is 84.5 Å². The fourth-order valence-corrected chi connectivity index (χ4v) is 2.09. The quantitative estimate of drug-likeness (QED) is 0.541. The summed E-state index contributed by atoms with van der Waals surface area (Å²) in [4.78, 5) is 11.4. The molecule has 2 atom stereocenters. The summed E-state index contributed by atoms with van der Waals surface area (Å²) < 4.78 is 5.01. The van der Waals surface area contributed by atoms with Gasteiger partial charge in [0.25, 0.3) is 0 Å². The molecule has 0 aromatic heterocycles. The van der Waals surface area contributed by atoms with Crippen LogP contribution in [0.1, 0.15) is 19.8 Å². The second kappa shape index (κ2) is 4.13. The molecule has 2 unspecified atom stereocenters. The van der Waals surface area contributed by atoms with Crippen LogP contribution >= 0.6 is 0 Å². The van der Waals surface area contributed by atoms with E-state index >= 15 is 0 Å². The van der Waals surface area contributed by atoms with Gasteiger partial charge >= 0.3 is 5.97 Å². The first kappa shape index (κ1) is 9.71. The summed E-state index contributed by atoms with van der Waals surface area (Å²) in [7, 11) is 0. The van der Waals surface area contributed by atoms with E-state index in [2.05, 4.69) is 11.4 Å². The Bertz CT molecular complexity index is 260. The van der Waals surface area contributed by atoms with Crippen molar-refractivity contribution in [2.75, 3.05) is 19.7 Å². The van der Waals surface area contributed by atoms with Crippen LogP contribution in [0, 0.1) is 11.8 Å². The van der Waals surface area contributed by atoms with Crippen molar-refractivity contribution < 1.29 is 9.53 Å². The van der Waals surface area contributed by atoms with Crippen LogP contribution < -0.4 is 5.32 Å². The van der Waals surface area contributed by atoms with E-state index in [1.807, 2.05) is 6.92 Å². The average Bonchev–Trinajstić information content (AvgIpc) is 2.99. The molecule has 14 heavy (non-hydrogen) atoms. The standard InChI is InChI=1S/C11H17NO2/c1-2-14-11(13)10-7-9(10)8-3-5-12-6-4-8/h3,9-10,12H,2,4-7H2,1H3. The van der Waals surface area contributed by atoms with Gasteiger partial charge in [0.15, 0.2) is 0 Å². The number of carbonyl (C=O) groups is 1. The third-order valence-electron chi connectivity index (χ3n) is 2.96. The lowest BCUT2D eigenvalue weighted by Gasteiger charge is -2.13.